The van der Waals surface area contributed by atoms with E-state index in [2.05, 4.69) is 4.90 Å². The van der Waals surface area contributed by atoms with E-state index in [1.165, 1.54) is 18.9 Å². The molecule has 5 aliphatic rings. The molecule has 3 fully saturated rings. The van der Waals surface area contributed by atoms with Crippen LogP contribution in [0.5, 0.6) is 11.5 Å². The maximum Gasteiger partial charge on any atom is 0.276 e. The number of benzene rings is 2. The second-order valence-corrected chi connectivity index (χ2v) is 12.5. The number of carbonyl (C=O) groups is 1. The zero-order valence-electron chi connectivity index (χ0n) is 23.3. The number of aryl methyl sites for hydroxylation is 1. The smallest absolute Gasteiger partial charge is 0.276 e. The number of aromatic hydroxyl groups is 1. The lowest BCUT2D eigenvalue weighted by atomic mass is 9.48. The molecule has 2 aliphatic heterocycles. The minimum atomic E-state index is -1.18. The fraction of sp³-hybridized carbons (Fsp3) is 0.516. The molecule has 2 aromatic rings. The molecule has 0 radical (unpaired) electrons. The Bertz CT molecular complexity index is 1460. The third-order valence-corrected chi connectivity index (χ3v) is 10.3. The van der Waals surface area contributed by atoms with Crippen LogP contribution in [0.25, 0.3) is 6.08 Å². The molecule has 2 bridgehead atoms. The van der Waals surface area contributed by atoms with Crippen molar-refractivity contribution in [3.05, 3.63) is 68.8 Å². The molecule has 1 amide bonds. The summed E-state index contributed by atoms with van der Waals surface area (Å²) in [7, 11) is 1.76. The van der Waals surface area contributed by atoms with E-state index in [0.717, 1.165) is 24.2 Å². The van der Waals surface area contributed by atoms with Crippen molar-refractivity contribution in [2.45, 2.75) is 74.7 Å². The van der Waals surface area contributed by atoms with Gasteiger partial charge in [-0.15, -0.1) is 12.4 Å². The molecule has 2 saturated carbocycles. The number of nitro groups is 1. The molecule has 3 aliphatic carbocycles. The van der Waals surface area contributed by atoms with Gasteiger partial charge in [0.2, 0.25) is 5.91 Å². The summed E-state index contributed by atoms with van der Waals surface area (Å²) in [5, 5.41) is 35.8. The molecule has 218 valence electrons. The van der Waals surface area contributed by atoms with Crippen LogP contribution >= 0.6 is 12.4 Å². The summed E-state index contributed by atoms with van der Waals surface area (Å²) < 4.78 is 6.53. The molecule has 0 aromatic heterocycles. The number of nitro benzene ring substituents is 1. The van der Waals surface area contributed by atoms with E-state index in [1.54, 1.807) is 24.1 Å². The van der Waals surface area contributed by atoms with Crippen molar-refractivity contribution in [3.63, 3.8) is 0 Å². The van der Waals surface area contributed by atoms with Crippen molar-refractivity contribution in [2.75, 3.05) is 20.1 Å². The Balaban J connectivity index is 0.00000302. The molecule has 2 aromatic carbocycles. The highest BCUT2D eigenvalue weighted by Crippen LogP contribution is 2.67. The van der Waals surface area contributed by atoms with Crippen LogP contribution in [0.15, 0.2) is 36.4 Å². The Morgan fingerprint density at radius 3 is 2.76 bits per heavy atom. The standard InChI is InChI=1S/C31H35N3O6.ClH/c1-18-4-3-5-19(14-18)8-9-26(36)32(2)22-10-11-31(37)25-15-21-23(34(38)39)16-24(35)28-27(21)30(31,29(22)40-28)12-13-33(25)17-20-6-7-20;/h3-5,8-9,14,16,20,22,25,29,35,37H,6-7,10-13,15,17H2,1-2H3;1H/t22-,25-,29+,30+,31-;/m1./s1. The van der Waals surface area contributed by atoms with Crippen LogP contribution in [0.2, 0.25) is 0 Å². The Hall–Kier alpha value is -3.14. The number of hydrogen-bond donors (Lipinski definition) is 2. The number of phenolic OH excluding ortho intramolecular Hbond substituents is 1. The summed E-state index contributed by atoms with van der Waals surface area (Å²) in [5.74, 6) is 0.394. The molecule has 2 N–H and O–H groups in total. The Kier molecular flexibility index (Phi) is 6.63. The van der Waals surface area contributed by atoms with Crippen molar-refractivity contribution in [2.24, 2.45) is 5.92 Å². The minimum Gasteiger partial charge on any atom is -0.504 e. The summed E-state index contributed by atoms with van der Waals surface area (Å²) in [6.07, 6.45) is 6.97. The van der Waals surface area contributed by atoms with Crippen LogP contribution < -0.4 is 4.74 Å². The molecule has 41 heavy (non-hydrogen) atoms. The van der Waals surface area contributed by atoms with E-state index in [0.29, 0.717) is 42.7 Å². The second-order valence-electron chi connectivity index (χ2n) is 12.5. The van der Waals surface area contributed by atoms with Crippen LogP contribution in [0, 0.1) is 23.0 Å². The quantitative estimate of drug-likeness (QED) is 0.299. The van der Waals surface area contributed by atoms with Crippen LogP contribution in [0.1, 0.15) is 54.4 Å². The summed E-state index contributed by atoms with van der Waals surface area (Å²) in [6.45, 7) is 3.63. The molecule has 5 atom stereocenters. The molecule has 2 heterocycles. The molecule has 9 nitrogen and oxygen atoms in total. The van der Waals surface area contributed by atoms with Gasteiger partial charge in [-0.1, -0.05) is 29.8 Å². The second kappa shape index (κ2) is 9.71. The van der Waals surface area contributed by atoms with Gasteiger partial charge in [0, 0.05) is 36.8 Å². The SMILES string of the molecule is Cc1cccc(C=CC(=O)N(C)[C@@H]2CC[C@@]3(O)[C@H]4Cc5c([N+](=O)[O-])cc(O)c6c5[C@@]3(CCN4CC3CC3)[C@H]2O6)c1.Cl. The number of hydrogen-bond acceptors (Lipinski definition) is 7. The number of likely N-dealkylation sites (tertiary alicyclic amines) is 1. The zero-order valence-corrected chi connectivity index (χ0v) is 24.1. The molecular weight excluding hydrogens is 546 g/mol. The number of phenols is 1. The van der Waals surface area contributed by atoms with Gasteiger partial charge in [0.1, 0.15) is 6.10 Å². The Morgan fingerprint density at radius 1 is 1.27 bits per heavy atom. The number of carbonyl (C=O) groups excluding carboxylic acids is 1. The van der Waals surface area contributed by atoms with E-state index < -0.39 is 22.0 Å². The topological polar surface area (TPSA) is 116 Å². The van der Waals surface area contributed by atoms with E-state index >= 15 is 0 Å². The van der Waals surface area contributed by atoms with Crippen molar-refractivity contribution >= 4 is 30.1 Å². The fourth-order valence-electron chi connectivity index (χ4n) is 8.30. The Labute approximate surface area is 245 Å². The lowest BCUT2D eigenvalue weighted by molar-refractivity contribution is -0.386. The van der Waals surface area contributed by atoms with Crippen molar-refractivity contribution in [3.8, 4) is 11.5 Å². The van der Waals surface area contributed by atoms with Gasteiger partial charge >= 0.3 is 0 Å². The number of halogens is 1. The summed E-state index contributed by atoms with van der Waals surface area (Å²) in [5.41, 5.74) is 0.954. The molecule has 1 saturated heterocycles. The number of rotatable bonds is 6. The number of nitrogens with zero attached hydrogens (tertiary/aromatic N) is 3. The van der Waals surface area contributed by atoms with E-state index in [-0.39, 0.29) is 47.6 Å². The van der Waals surface area contributed by atoms with Gasteiger partial charge in [-0.25, -0.2) is 0 Å². The summed E-state index contributed by atoms with van der Waals surface area (Å²) in [4.78, 5) is 29.2. The largest absolute Gasteiger partial charge is 0.504 e. The molecular formula is C31H36ClN3O6. The van der Waals surface area contributed by atoms with E-state index in [9.17, 15) is 25.1 Å². The van der Waals surface area contributed by atoms with Gasteiger partial charge in [-0.3, -0.25) is 19.8 Å². The third kappa shape index (κ3) is 4.00. The predicted octanol–water partition coefficient (Wildman–Crippen LogP) is 4.14. The van der Waals surface area contributed by atoms with Gasteiger partial charge in [0.25, 0.3) is 5.69 Å². The maximum atomic E-state index is 13.4. The van der Waals surface area contributed by atoms with E-state index in [1.807, 2.05) is 31.2 Å². The molecule has 1 spiro atoms. The lowest BCUT2D eigenvalue weighted by Crippen LogP contribution is -2.78. The first-order valence-corrected chi connectivity index (χ1v) is 14.3. The van der Waals surface area contributed by atoms with Crippen LogP contribution in [-0.4, -0.2) is 74.8 Å². The number of likely N-dealkylation sites (N-methyl/N-ethyl adjacent to an activating group) is 1. The first-order chi connectivity index (χ1) is 19.1. The van der Waals surface area contributed by atoms with Crippen LogP contribution in [0.3, 0.4) is 0 Å². The average Bonchev–Trinajstić information content (AvgIpc) is 3.66. The monoisotopic (exact) mass is 581 g/mol. The number of aliphatic hydroxyl groups is 1. The maximum absolute atomic E-state index is 13.4. The van der Waals surface area contributed by atoms with Gasteiger partial charge in [-0.2, -0.15) is 0 Å². The van der Waals surface area contributed by atoms with Gasteiger partial charge in [0.15, 0.2) is 11.5 Å². The average molecular weight is 582 g/mol. The van der Waals surface area contributed by atoms with Gasteiger partial charge < -0.3 is 19.8 Å². The highest BCUT2D eigenvalue weighted by atomic mass is 35.5. The third-order valence-electron chi connectivity index (χ3n) is 10.3. The molecule has 0 unspecified atom stereocenters. The van der Waals surface area contributed by atoms with Gasteiger partial charge in [-0.05, 0) is 69.6 Å². The first-order valence-electron chi connectivity index (χ1n) is 14.3. The van der Waals surface area contributed by atoms with Crippen LogP contribution in [-0.2, 0) is 16.6 Å². The highest BCUT2D eigenvalue weighted by Gasteiger charge is 2.74. The van der Waals surface area contributed by atoms with Crippen molar-refractivity contribution < 1.29 is 24.7 Å². The minimum absolute atomic E-state index is 0. The van der Waals surface area contributed by atoms with Crippen molar-refractivity contribution in [1.82, 2.24) is 9.80 Å². The predicted molar refractivity (Wildman–Crippen MR) is 155 cm³/mol. The summed E-state index contributed by atoms with van der Waals surface area (Å²) >= 11 is 0. The lowest BCUT2D eigenvalue weighted by Gasteiger charge is -2.64. The van der Waals surface area contributed by atoms with Crippen LogP contribution in [0.4, 0.5) is 5.69 Å². The number of amides is 1. The Morgan fingerprint density at radius 2 is 2.05 bits per heavy atom. The van der Waals surface area contributed by atoms with E-state index in [4.69, 9.17) is 4.74 Å². The number of piperidine rings is 1. The number of ether oxygens (including phenoxy) is 1. The molecule has 10 heteroatoms. The highest BCUT2D eigenvalue weighted by molar-refractivity contribution is 5.92. The summed E-state index contributed by atoms with van der Waals surface area (Å²) in [6, 6.07) is 8.45. The normalized spacial score (nSPS) is 31.2. The zero-order chi connectivity index (χ0) is 28.0. The van der Waals surface area contributed by atoms with Crippen molar-refractivity contribution in [1.29, 1.82) is 0 Å². The first kappa shape index (κ1) is 28.0. The van der Waals surface area contributed by atoms with Gasteiger partial charge in [0.05, 0.1) is 28.0 Å². The molecule has 7 rings (SSSR count). The fourth-order valence-corrected chi connectivity index (χ4v) is 8.30.